The average molecular weight is 636 g/mol. The summed E-state index contributed by atoms with van der Waals surface area (Å²) in [4.78, 5) is 55.2. The van der Waals surface area contributed by atoms with Crippen molar-refractivity contribution < 1.29 is 14.4 Å². The molecule has 1 saturated carbocycles. The summed E-state index contributed by atoms with van der Waals surface area (Å²) < 4.78 is 0. The molecule has 3 amide bonds. The van der Waals surface area contributed by atoms with E-state index in [0.29, 0.717) is 30.4 Å². The molecule has 2 saturated heterocycles. The van der Waals surface area contributed by atoms with E-state index in [4.69, 9.17) is 4.98 Å². The molecule has 10 heteroatoms. The van der Waals surface area contributed by atoms with Crippen molar-refractivity contribution in [2.24, 2.45) is 0 Å². The van der Waals surface area contributed by atoms with Crippen molar-refractivity contribution in [2.75, 3.05) is 18.4 Å². The number of benzene rings is 1. The van der Waals surface area contributed by atoms with Gasteiger partial charge in [-0.3, -0.25) is 29.6 Å². The summed E-state index contributed by atoms with van der Waals surface area (Å²) in [5.41, 5.74) is 6.32. The van der Waals surface area contributed by atoms with E-state index >= 15 is 0 Å². The molecule has 7 rings (SSSR count). The maximum absolute atomic E-state index is 13.0. The van der Waals surface area contributed by atoms with E-state index in [1.165, 1.54) is 23.1 Å². The molecule has 1 atom stereocenters. The number of hydrogen-bond donors (Lipinski definition) is 2. The molecule has 3 aromatic rings. The Balaban J connectivity index is 0.885. The molecule has 3 fully saturated rings. The van der Waals surface area contributed by atoms with Gasteiger partial charge in [0.05, 0.1) is 17.8 Å². The minimum absolute atomic E-state index is 0.0958. The average Bonchev–Trinajstić information content (AvgIpc) is 3.38. The van der Waals surface area contributed by atoms with Gasteiger partial charge in [0, 0.05) is 42.5 Å². The molecule has 0 bridgehead atoms. The van der Waals surface area contributed by atoms with Gasteiger partial charge in [0.2, 0.25) is 17.8 Å². The minimum atomic E-state index is -0.611. The van der Waals surface area contributed by atoms with E-state index in [9.17, 15) is 14.4 Å². The lowest BCUT2D eigenvalue weighted by Gasteiger charge is -2.43. The first-order valence-electron chi connectivity index (χ1n) is 17.3. The summed E-state index contributed by atoms with van der Waals surface area (Å²) in [6.45, 7) is 7.59. The minimum Gasteiger partial charge on any atom is -0.349 e. The number of pyridine rings is 1. The Hall–Kier alpha value is -4.18. The van der Waals surface area contributed by atoms with Gasteiger partial charge in [-0.05, 0) is 99.2 Å². The SMILES string of the molecule is CC(C)c1cnc(NC2(CCc3ccc(CN4CCC(c5ccc6c(n5)CN(C5CCC(=O)NC5=O)C6=O)CC4)cc3)CCC2)nc1. The van der Waals surface area contributed by atoms with E-state index in [0.717, 1.165) is 75.5 Å². The molecule has 0 radical (unpaired) electrons. The Bertz CT molecular complexity index is 1630. The molecule has 3 aliphatic heterocycles. The summed E-state index contributed by atoms with van der Waals surface area (Å²) in [5.74, 6) is 0.687. The molecule has 10 nitrogen and oxygen atoms in total. The van der Waals surface area contributed by atoms with E-state index in [-0.39, 0.29) is 23.8 Å². The molecule has 2 N–H and O–H groups in total. The number of rotatable bonds is 10. The number of nitrogens with one attached hydrogen (secondary N) is 2. The van der Waals surface area contributed by atoms with Crippen molar-refractivity contribution in [1.29, 1.82) is 0 Å². The van der Waals surface area contributed by atoms with Gasteiger partial charge in [-0.2, -0.15) is 0 Å². The maximum atomic E-state index is 13.0. The number of amides is 3. The van der Waals surface area contributed by atoms with E-state index in [1.54, 1.807) is 4.90 Å². The fraction of sp³-hybridized carbons (Fsp3) is 0.514. The normalized spacial score (nSPS) is 21.5. The summed E-state index contributed by atoms with van der Waals surface area (Å²) in [6, 6.07) is 12.4. The van der Waals surface area contributed by atoms with Gasteiger partial charge in [0.25, 0.3) is 5.91 Å². The number of fused-ring (bicyclic) bond motifs is 1. The molecule has 0 spiro atoms. The number of imide groups is 1. The molecule has 246 valence electrons. The zero-order chi connectivity index (χ0) is 32.5. The predicted molar refractivity (Wildman–Crippen MR) is 179 cm³/mol. The predicted octanol–water partition coefficient (Wildman–Crippen LogP) is 5.10. The van der Waals surface area contributed by atoms with Crippen LogP contribution in [0.3, 0.4) is 0 Å². The van der Waals surface area contributed by atoms with Crippen molar-refractivity contribution in [1.82, 2.24) is 30.1 Å². The molecule has 47 heavy (non-hydrogen) atoms. The van der Waals surface area contributed by atoms with Crippen LogP contribution in [0.25, 0.3) is 0 Å². The first-order chi connectivity index (χ1) is 22.7. The second kappa shape index (κ2) is 13.1. The van der Waals surface area contributed by atoms with E-state index < -0.39 is 11.9 Å². The standard InChI is InChI=1S/C37H45N7O3/c1-24(2)28-20-38-36(39-21-28)42-37(15-3-16-37)17-12-25-4-6-26(7-5-25)22-43-18-13-27(14-19-43)30-9-8-29-31(40-30)23-44(35(29)47)32-10-11-33(45)41-34(32)46/h4-9,20-21,24,27,32H,3,10-19,22-23H2,1-2H3,(H,38,39,42)(H,41,45,46). The molecule has 1 aliphatic carbocycles. The second-order valence-corrected chi connectivity index (χ2v) is 14.3. The van der Waals surface area contributed by atoms with Crippen molar-refractivity contribution in [3.8, 4) is 0 Å². The first-order valence-corrected chi connectivity index (χ1v) is 17.3. The van der Waals surface area contributed by atoms with Gasteiger partial charge in [-0.1, -0.05) is 38.1 Å². The first kappa shape index (κ1) is 31.4. The lowest BCUT2D eigenvalue weighted by Crippen LogP contribution is -2.52. The van der Waals surface area contributed by atoms with Gasteiger partial charge >= 0.3 is 0 Å². The van der Waals surface area contributed by atoms with Gasteiger partial charge in [-0.25, -0.2) is 9.97 Å². The molecule has 1 unspecified atom stereocenters. The summed E-state index contributed by atoms with van der Waals surface area (Å²) in [7, 11) is 0. The molecule has 2 aromatic heterocycles. The molecule has 1 aromatic carbocycles. The monoisotopic (exact) mass is 635 g/mol. The second-order valence-electron chi connectivity index (χ2n) is 14.3. The maximum Gasteiger partial charge on any atom is 0.256 e. The fourth-order valence-corrected chi connectivity index (χ4v) is 7.50. The molecule has 5 heterocycles. The van der Waals surface area contributed by atoms with Crippen LogP contribution >= 0.6 is 0 Å². The van der Waals surface area contributed by atoms with Gasteiger partial charge in [0.15, 0.2) is 0 Å². The van der Waals surface area contributed by atoms with E-state index in [1.807, 2.05) is 24.5 Å². The quantitative estimate of drug-likeness (QED) is 0.295. The van der Waals surface area contributed by atoms with Crippen molar-refractivity contribution in [2.45, 2.75) is 108 Å². The Morgan fingerprint density at radius 1 is 0.957 bits per heavy atom. The number of aryl methyl sites for hydroxylation is 1. The number of likely N-dealkylation sites (tertiary alicyclic amines) is 1. The number of piperidine rings is 2. The number of hydrogen-bond acceptors (Lipinski definition) is 8. The number of carbonyl (C=O) groups excluding carboxylic acids is 3. The summed E-state index contributed by atoms with van der Waals surface area (Å²) in [5, 5.41) is 6.03. The van der Waals surface area contributed by atoms with Crippen LogP contribution in [-0.2, 0) is 29.1 Å². The topological polar surface area (TPSA) is 120 Å². The number of carbonyl (C=O) groups is 3. The highest BCUT2D eigenvalue weighted by atomic mass is 16.2. The highest BCUT2D eigenvalue weighted by Gasteiger charge is 2.40. The summed E-state index contributed by atoms with van der Waals surface area (Å²) in [6.07, 6.45) is 12.2. The van der Waals surface area contributed by atoms with Gasteiger partial charge in [0.1, 0.15) is 6.04 Å². The van der Waals surface area contributed by atoms with Crippen molar-refractivity contribution in [3.63, 3.8) is 0 Å². The van der Waals surface area contributed by atoms with Crippen LogP contribution in [0.15, 0.2) is 48.8 Å². The highest BCUT2D eigenvalue weighted by Crippen LogP contribution is 2.38. The Morgan fingerprint density at radius 3 is 2.34 bits per heavy atom. The van der Waals surface area contributed by atoms with Crippen LogP contribution in [-0.4, -0.2) is 67.1 Å². The third kappa shape index (κ3) is 6.79. The highest BCUT2D eigenvalue weighted by molar-refractivity contribution is 6.05. The van der Waals surface area contributed by atoms with Gasteiger partial charge in [-0.15, -0.1) is 0 Å². The van der Waals surface area contributed by atoms with Crippen LogP contribution in [0, 0.1) is 0 Å². The largest absolute Gasteiger partial charge is 0.349 e. The zero-order valence-corrected chi connectivity index (χ0v) is 27.5. The Labute approximate surface area is 276 Å². The van der Waals surface area contributed by atoms with Crippen LogP contribution in [0.4, 0.5) is 5.95 Å². The number of aromatic nitrogens is 3. The summed E-state index contributed by atoms with van der Waals surface area (Å²) >= 11 is 0. The number of nitrogens with zero attached hydrogens (tertiary/aromatic N) is 5. The van der Waals surface area contributed by atoms with Crippen LogP contribution < -0.4 is 10.6 Å². The molecule has 4 aliphatic rings. The van der Waals surface area contributed by atoms with Crippen molar-refractivity contribution >= 4 is 23.7 Å². The zero-order valence-electron chi connectivity index (χ0n) is 27.5. The van der Waals surface area contributed by atoms with Crippen LogP contribution in [0.1, 0.15) is 115 Å². The lowest BCUT2D eigenvalue weighted by molar-refractivity contribution is -0.136. The Morgan fingerprint density at radius 2 is 1.68 bits per heavy atom. The number of anilines is 1. The van der Waals surface area contributed by atoms with Crippen LogP contribution in [0.2, 0.25) is 0 Å². The Kier molecular flexibility index (Phi) is 8.79. The third-order valence-corrected chi connectivity index (χ3v) is 10.7. The van der Waals surface area contributed by atoms with Crippen LogP contribution in [0.5, 0.6) is 0 Å². The van der Waals surface area contributed by atoms with E-state index in [2.05, 4.69) is 63.6 Å². The van der Waals surface area contributed by atoms with Crippen molar-refractivity contribution in [3.05, 3.63) is 82.4 Å². The fourth-order valence-electron chi connectivity index (χ4n) is 7.50. The van der Waals surface area contributed by atoms with Gasteiger partial charge < -0.3 is 10.2 Å². The molecular weight excluding hydrogens is 590 g/mol. The third-order valence-electron chi connectivity index (χ3n) is 10.7. The smallest absolute Gasteiger partial charge is 0.256 e. The lowest BCUT2D eigenvalue weighted by atomic mass is 9.73. The molecular formula is C37H45N7O3.